The van der Waals surface area contributed by atoms with Crippen molar-refractivity contribution in [3.63, 3.8) is 0 Å². The van der Waals surface area contributed by atoms with E-state index in [1.54, 1.807) is 7.11 Å². The van der Waals surface area contributed by atoms with Crippen LogP contribution in [0.4, 0.5) is 6.01 Å². The van der Waals surface area contributed by atoms with Gasteiger partial charge in [-0.15, -0.1) is 0 Å². The molecule has 1 saturated heterocycles. The Morgan fingerprint density at radius 1 is 1.24 bits per heavy atom. The third-order valence-electron chi connectivity index (χ3n) is 4.37. The molecule has 1 atom stereocenters. The Labute approximate surface area is 123 Å². The molecule has 4 rings (SSSR count). The topological polar surface area (TPSA) is 51.4 Å². The van der Waals surface area contributed by atoms with E-state index in [0.29, 0.717) is 11.9 Å². The third kappa shape index (κ3) is 2.26. The molecular weight excluding hydrogens is 266 g/mol. The lowest BCUT2D eigenvalue weighted by Gasteiger charge is -2.24. The second-order valence-electron chi connectivity index (χ2n) is 5.80. The lowest BCUT2D eigenvalue weighted by atomic mass is 10.0. The van der Waals surface area contributed by atoms with Crippen LogP contribution in [0, 0.1) is 0 Å². The van der Waals surface area contributed by atoms with Crippen molar-refractivity contribution >= 4 is 6.01 Å². The zero-order valence-corrected chi connectivity index (χ0v) is 12.2. The first-order chi connectivity index (χ1) is 10.4. The Balaban J connectivity index is 1.64. The lowest BCUT2D eigenvalue weighted by molar-refractivity contribution is 0.393. The largest absolute Gasteiger partial charge is 0.496 e. The summed E-state index contributed by atoms with van der Waals surface area (Å²) in [5.74, 6) is 2.32. The van der Waals surface area contributed by atoms with Gasteiger partial charge in [-0.3, -0.25) is 0 Å². The number of para-hydroxylation sites is 1. The Morgan fingerprint density at radius 2 is 2.10 bits per heavy atom. The molecule has 1 aromatic carbocycles. The van der Waals surface area contributed by atoms with Crippen LogP contribution in [0.2, 0.25) is 0 Å². The highest BCUT2D eigenvalue weighted by atomic mass is 16.5. The van der Waals surface area contributed by atoms with E-state index in [-0.39, 0.29) is 6.04 Å². The van der Waals surface area contributed by atoms with Crippen molar-refractivity contribution in [3.05, 3.63) is 35.7 Å². The second-order valence-corrected chi connectivity index (χ2v) is 5.80. The summed E-state index contributed by atoms with van der Waals surface area (Å²) in [4.78, 5) is 6.81. The zero-order chi connectivity index (χ0) is 14.2. The molecule has 2 heterocycles. The van der Waals surface area contributed by atoms with Gasteiger partial charge in [0, 0.05) is 18.0 Å². The number of nitrogens with zero attached hydrogens (tertiary/aromatic N) is 3. The van der Waals surface area contributed by atoms with Crippen LogP contribution in [-0.2, 0) is 0 Å². The molecular formula is C16H19N3O2. The zero-order valence-electron chi connectivity index (χ0n) is 12.2. The SMILES string of the molecule is COc1ccccc1[C@H]1CCCN1c1nc(C2CC2)no1. The molecule has 0 bridgehead atoms. The molecule has 1 aliphatic heterocycles. The summed E-state index contributed by atoms with van der Waals surface area (Å²) in [6.07, 6.45) is 4.59. The average Bonchev–Trinajstić information content (AvgIpc) is 3.07. The summed E-state index contributed by atoms with van der Waals surface area (Å²) >= 11 is 0. The van der Waals surface area contributed by atoms with E-state index in [0.717, 1.165) is 31.0 Å². The quantitative estimate of drug-likeness (QED) is 0.862. The predicted molar refractivity (Wildman–Crippen MR) is 78.6 cm³/mol. The Kier molecular flexibility index (Phi) is 3.05. The molecule has 0 unspecified atom stereocenters. The minimum absolute atomic E-state index is 0.258. The van der Waals surface area contributed by atoms with Crippen molar-refractivity contribution in [3.8, 4) is 5.75 Å². The van der Waals surface area contributed by atoms with Crippen molar-refractivity contribution in [2.24, 2.45) is 0 Å². The molecule has 5 heteroatoms. The van der Waals surface area contributed by atoms with E-state index < -0.39 is 0 Å². The van der Waals surface area contributed by atoms with Gasteiger partial charge in [0.2, 0.25) is 0 Å². The van der Waals surface area contributed by atoms with Gasteiger partial charge in [0.1, 0.15) is 5.75 Å². The number of benzene rings is 1. The van der Waals surface area contributed by atoms with E-state index in [4.69, 9.17) is 9.26 Å². The van der Waals surface area contributed by atoms with Gasteiger partial charge in [0.25, 0.3) is 0 Å². The van der Waals surface area contributed by atoms with Crippen LogP contribution < -0.4 is 9.64 Å². The van der Waals surface area contributed by atoms with Crippen LogP contribution in [0.1, 0.15) is 49.0 Å². The Bertz CT molecular complexity index is 636. The first-order valence-electron chi connectivity index (χ1n) is 7.60. The molecule has 1 aliphatic carbocycles. The predicted octanol–water partition coefficient (Wildman–Crippen LogP) is 3.30. The van der Waals surface area contributed by atoms with Crippen LogP contribution in [0.25, 0.3) is 0 Å². The van der Waals surface area contributed by atoms with E-state index in [2.05, 4.69) is 27.2 Å². The smallest absolute Gasteiger partial charge is 0.324 e. The summed E-state index contributed by atoms with van der Waals surface area (Å²) in [6, 6.07) is 9.10. The molecule has 2 aromatic rings. The molecule has 1 saturated carbocycles. The number of anilines is 1. The van der Waals surface area contributed by atoms with Crippen LogP contribution in [0.15, 0.2) is 28.8 Å². The fourth-order valence-electron chi connectivity index (χ4n) is 3.11. The number of hydrogen-bond acceptors (Lipinski definition) is 5. The fraction of sp³-hybridized carbons (Fsp3) is 0.500. The van der Waals surface area contributed by atoms with Crippen molar-refractivity contribution < 1.29 is 9.26 Å². The molecule has 0 radical (unpaired) electrons. The molecule has 5 nitrogen and oxygen atoms in total. The molecule has 1 aromatic heterocycles. The highest BCUT2D eigenvalue weighted by molar-refractivity contribution is 5.43. The minimum Gasteiger partial charge on any atom is -0.496 e. The lowest BCUT2D eigenvalue weighted by Crippen LogP contribution is -2.23. The number of aromatic nitrogens is 2. The maximum Gasteiger partial charge on any atom is 0.324 e. The standard InChI is InChI=1S/C16H19N3O2/c1-20-14-7-3-2-5-12(14)13-6-4-10-19(13)16-17-15(18-21-16)11-8-9-11/h2-3,5,7,11,13H,4,6,8-10H2,1H3/t13-/m1/s1. The number of ether oxygens (including phenoxy) is 1. The minimum atomic E-state index is 0.258. The van der Waals surface area contributed by atoms with Gasteiger partial charge in [-0.25, -0.2) is 0 Å². The van der Waals surface area contributed by atoms with Crippen LogP contribution in [-0.4, -0.2) is 23.8 Å². The van der Waals surface area contributed by atoms with E-state index in [1.165, 1.54) is 18.4 Å². The van der Waals surface area contributed by atoms with Crippen molar-refractivity contribution in [2.45, 2.75) is 37.6 Å². The maximum absolute atomic E-state index is 5.50. The van der Waals surface area contributed by atoms with Gasteiger partial charge < -0.3 is 14.2 Å². The summed E-state index contributed by atoms with van der Waals surface area (Å²) in [6.45, 7) is 0.953. The van der Waals surface area contributed by atoms with E-state index >= 15 is 0 Å². The van der Waals surface area contributed by atoms with E-state index in [9.17, 15) is 0 Å². The molecule has 0 spiro atoms. The third-order valence-corrected chi connectivity index (χ3v) is 4.37. The molecule has 21 heavy (non-hydrogen) atoms. The summed E-state index contributed by atoms with van der Waals surface area (Å²) in [7, 11) is 1.72. The van der Waals surface area contributed by atoms with Gasteiger partial charge in [-0.05, 0) is 31.7 Å². The van der Waals surface area contributed by atoms with Gasteiger partial charge >= 0.3 is 6.01 Å². The maximum atomic E-state index is 5.50. The van der Waals surface area contributed by atoms with Crippen molar-refractivity contribution in [1.82, 2.24) is 10.1 Å². The van der Waals surface area contributed by atoms with Crippen molar-refractivity contribution in [2.75, 3.05) is 18.6 Å². The summed E-state index contributed by atoms with van der Waals surface area (Å²) in [5.41, 5.74) is 1.20. The molecule has 110 valence electrons. The number of methoxy groups -OCH3 is 1. The van der Waals surface area contributed by atoms with E-state index in [1.807, 2.05) is 12.1 Å². The molecule has 0 amide bonds. The van der Waals surface area contributed by atoms with Gasteiger partial charge in [-0.1, -0.05) is 23.4 Å². The Hall–Kier alpha value is -2.04. The molecule has 0 N–H and O–H groups in total. The average molecular weight is 285 g/mol. The number of hydrogen-bond donors (Lipinski definition) is 0. The highest BCUT2D eigenvalue weighted by Gasteiger charge is 2.34. The summed E-state index contributed by atoms with van der Waals surface area (Å²) in [5, 5.41) is 4.13. The van der Waals surface area contributed by atoms with Crippen LogP contribution in [0.3, 0.4) is 0 Å². The monoisotopic (exact) mass is 285 g/mol. The second kappa shape index (κ2) is 5.06. The number of rotatable bonds is 4. The van der Waals surface area contributed by atoms with Crippen molar-refractivity contribution in [1.29, 1.82) is 0 Å². The van der Waals surface area contributed by atoms with Gasteiger partial charge in [0.05, 0.1) is 13.2 Å². The fourth-order valence-corrected chi connectivity index (χ4v) is 3.11. The Morgan fingerprint density at radius 3 is 2.90 bits per heavy atom. The first kappa shape index (κ1) is 12.7. The highest BCUT2D eigenvalue weighted by Crippen LogP contribution is 2.42. The van der Waals surface area contributed by atoms with Gasteiger partial charge in [0.15, 0.2) is 5.82 Å². The first-order valence-corrected chi connectivity index (χ1v) is 7.60. The van der Waals surface area contributed by atoms with Crippen LogP contribution >= 0.6 is 0 Å². The molecule has 2 aliphatic rings. The molecule has 2 fully saturated rings. The normalized spacial score (nSPS) is 21.8. The summed E-state index contributed by atoms with van der Waals surface area (Å²) < 4.78 is 11.0. The van der Waals surface area contributed by atoms with Crippen LogP contribution in [0.5, 0.6) is 5.75 Å². The van der Waals surface area contributed by atoms with Gasteiger partial charge in [-0.2, -0.15) is 4.98 Å².